The van der Waals surface area contributed by atoms with Crippen LogP contribution < -0.4 is 10.6 Å². The van der Waals surface area contributed by atoms with Crippen molar-refractivity contribution in [1.82, 2.24) is 30.7 Å². The van der Waals surface area contributed by atoms with Crippen LogP contribution in [-0.2, 0) is 6.42 Å². The van der Waals surface area contributed by atoms with Gasteiger partial charge in [0.2, 0.25) is 0 Å². The predicted octanol–water partition coefficient (Wildman–Crippen LogP) is -0.00100. The molecule has 0 bridgehead atoms. The number of aromatic nitrogens is 5. The molecule has 2 aromatic rings. The van der Waals surface area contributed by atoms with E-state index < -0.39 is 0 Å². The Balaban J connectivity index is 1.83. The summed E-state index contributed by atoms with van der Waals surface area (Å²) in [4.78, 5) is 15.5. The van der Waals surface area contributed by atoms with Crippen LogP contribution in [0.2, 0.25) is 0 Å². The molecule has 0 aliphatic carbocycles. The zero-order valence-electron chi connectivity index (χ0n) is 10.6. The molecule has 0 unspecified atom stereocenters. The van der Waals surface area contributed by atoms with Gasteiger partial charge in [0, 0.05) is 19.5 Å². The van der Waals surface area contributed by atoms with Gasteiger partial charge in [-0.1, -0.05) is 0 Å². The van der Waals surface area contributed by atoms with E-state index in [4.69, 9.17) is 0 Å². The molecule has 1 amide bonds. The fraction of sp³-hybridized carbons (Fsp3) is 0.364. The number of rotatable bonds is 6. The first kappa shape index (κ1) is 12.9. The number of anilines is 1. The zero-order chi connectivity index (χ0) is 13.5. The van der Waals surface area contributed by atoms with Crippen molar-refractivity contribution in [3.63, 3.8) is 0 Å². The van der Waals surface area contributed by atoms with E-state index in [9.17, 15) is 4.79 Å². The molecule has 2 heterocycles. The molecule has 0 radical (unpaired) electrons. The van der Waals surface area contributed by atoms with Gasteiger partial charge in [0.1, 0.15) is 18.0 Å². The van der Waals surface area contributed by atoms with Gasteiger partial charge in [-0.25, -0.2) is 4.98 Å². The largest absolute Gasteiger partial charge is 0.368 e. The number of H-pyrrole nitrogens is 1. The lowest BCUT2D eigenvalue weighted by Crippen LogP contribution is -2.24. The summed E-state index contributed by atoms with van der Waals surface area (Å²) in [6, 6.07) is 3.35. The van der Waals surface area contributed by atoms with Gasteiger partial charge in [0.25, 0.3) is 5.91 Å². The number of amides is 1. The Hall–Kier alpha value is -2.51. The van der Waals surface area contributed by atoms with Crippen LogP contribution in [0.1, 0.15) is 23.2 Å². The summed E-state index contributed by atoms with van der Waals surface area (Å²) < 4.78 is 0. The molecule has 19 heavy (non-hydrogen) atoms. The second-order valence-electron chi connectivity index (χ2n) is 3.77. The first-order chi connectivity index (χ1) is 9.29. The van der Waals surface area contributed by atoms with E-state index in [0.29, 0.717) is 31.0 Å². The second kappa shape index (κ2) is 6.43. The molecule has 0 saturated heterocycles. The van der Waals surface area contributed by atoms with E-state index in [0.717, 1.165) is 5.82 Å². The molecule has 0 fully saturated rings. The molecule has 100 valence electrons. The molecule has 0 spiro atoms. The fourth-order valence-corrected chi connectivity index (χ4v) is 1.46. The standard InChI is InChI=1S/C11H15N7O/c1-2-12-11(19)8-3-4-9(18-16-8)13-6-5-10-14-7-15-17-10/h3-4,7H,2,5-6H2,1H3,(H,12,19)(H,13,18)(H,14,15,17). The van der Waals surface area contributed by atoms with E-state index in [1.54, 1.807) is 12.1 Å². The van der Waals surface area contributed by atoms with Gasteiger partial charge in [-0.05, 0) is 19.1 Å². The first-order valence-electron chi connectivity index (χ1n) is 5.99. The van der Waals surface area contributed by atoms with E-state index in [1.807, 2.05) is 6.92 Å². The maximum atomic E-state index is 11.5. The first-order valence-corrected chi connectivity index (χ1v) is 5.99. The zero-order valence-corrected chi connectivity index (χ0v) is 10.6. The lowest BCUT2D eigenvalue weighted by atomic mass is 10.3. The van der Waals surface area contributed by atoms with Crippen LogP contribution in [0, 0.1) is 0 Å². The summed E-state index contributed by atoms with van der Waals surface area (Å²) in [6.07, 6.45) is 2.18. The summed E-state index contributed by atoms with van der Waals surface area (Å²) in [5, 5.41) is 20.1. The number of aromatic amines is 1. The highest BCUT2D eigenvalue weighted by Crippen LogP contribution is 2.02. The van der Waals surface area contributed by atoms with Gasteiger partial charge in [0.05, 0.1) is 0 Å². The molecule has 0 aliphatic heterocycles. The third-order valence-corrected chi connectivity index (χ3v) is 2.37. The normalized spacial score (nSPS) is 10.2. The average molecular weight is 261 g/mol. The molecule has 0 saturated carbocycles. The fourth-order valence-electron chi connectivity index (χ4n) is 1.46. The smallest absolute Gasteiger partial charge is 0.271 e. The molecule has 2 rings (SSSR count). The van der Waals surface area contributed by atoms with Crippen LogP contribution in [0.3, 0.4) is 0 Å². The van der Waals surface area contributed by atoms with Crippen molar-refractivity contribution in [2.75, 3.05) is 18.4 Å². The average Bonchev–Trinajstić information content (AvgIpc) is 2.93. The van der Waals surface area contributed by atoms with Crippen molar-refractivity contribution in [2.45, 2.75) is 13.3 Å². The van der Waals surface area contributed by atoms with Gasteiger partial charge < -0.3 is 10.6 Å². The van der Waals surface area contributed by atoms with Crippen LogP contribution in [0.5, 0.6) is 0 Å². The maximum Gasteiger partial charge on any atom is 0.271 e. The minimum atomic E-state index is -0.219. The summed E-state index contributed by atoms with van der Waals surface area (Å²) in [5.41, 5.74) is 0.308. The highest BCUT2D eigenvalue weighted by molar-refractivity contribution is 5.92. The van der Waals surface area contributed by atoms with Gasteiger partial charge in [-0.15, -0.1) is 10.2 Å². The van der Waals surface area contributed by atoms with E-state index >= 15 is 0 Å². The summed E-state index contributed by atoms with van der Waals surface area (Å²) in [5.74, 6) is 1.20. The van der Waals surface area contributed by atoms with E-state index in [2.05, 4.69) is 36.0 Å². The van der Waals surface area contributed by atoms with E-state index in [1.165, 1.54) is 6.33 Å². The molecular formula is C11H15N7O. The van der Waals surface area contributed by atoms with Crippen molar-refractivity contribution in [3.05, 3.63) is 30.0 Å². The van der Waals surface area contributed by atoms with Gasteiger partial charge >= 0.3 is 0 Å². The Kier molecular flexibility index (Phi) is 4.38. The topological polar surface area (TPSA) is 108 Å². The Labute approximate surface area is 110 Å². The van der Waals surface area contributed by atoms with Crippen LogP contribution in [-0.4, -0.2) is 44.4 Å². The van der Waals surface area contributed by atoms with Crippen molar-refractivity contribution in [2.24, 2.45) is 0 Å². The van der Waals surface area contributed by atoms with Crippen molar-refractivity contribution in [1.29, 1.82) is 0 Å². The molecule has 0 atom stereocenters. The lowest BCUT2D eigenvalue weighted by molar-refractivity contribution is 0.0950. The molecule has 8 nitrogen and oxygen atoms in total. The lowest BCUT2D eigenvalue weighted by Gasteiger charge is -2.04. The Bertz CT molecular complexity index is 508. The Morgan fingerprint density at radius 1 is 1.37 bits per heavy atom. The molecule has 0 aromatic carbocycles. The second-order valence-corrected chi connectivity index (χ2v) is 3.77. The van der Waals surface area contributed by atoms with Crippen molar-refractivity contribution in [3.8, 4) is 0 Å². The van der Waals surface area contributed by atoms with Crippen molar-refractivity contribution >= 4 is 11.7 Å². The number of hydrogen-bond donors (Lipinski definition) is 3. The monoisotopic (exact) mass is 261 g/mol. The molecule has 0 aliphatic rings. The number of carbonyl (C=O) groups excluding carboxylic acids is 1. The van der Waals surface area contributed by atoms with Crippen LogP contribution in [0.15, 0.2) is 18.5 Å². The summed E-state index contributed by atoms with van der Waals surface area (Å²) in [6.45, 7) is 3.08. The van der Waals surface area contributed by atoms with Gasteiger partial charge in [-0.3, -0.25) is 9.89 Å². The van der Waals surface area contributed by atoms with Gasteiger partial charge in [-0.2, -0.15) is 5.10 Å². The molecular weight excluding hydrogens is 246 g/mol. The third-order valence-electron chi connectivity index (χ3n) is 2.37. The Morgan fingerprint density at radius 2 is 2.26 bits per heavy atom. The quantitative estimate of drug-likeness (QED) is 0.675. The number of nitrogens with zero attached hydrogens (tertiary/aromatic N) is 4. The molecule has 2 aromatic heterocycles. The highest BCUT2D eigenvalue weighted by atomic mass is 16.1. The third kappa shape index (κ3) is 3.73. The highest BCUT2D eigenvalue weighted by Gasteiger charge is 2.06. The van der Waals surface area contributed by atoms with Crippen LogP contribution in [0.25, 0.3) is 0 Å². The number of carbonyl (C=O) groups is 1. The minimum Gasteiger partial charge on any atom is -0.368 e. The number of hydrogen-bond acceptors (Lipinski definition) is 6. The molecule has 3 N–H and O–H groups in total. The van der Waals surface area contributed by atoms with Gasteiger partial charge in [0.15, 0.2) is 5.69 Å². The SMILES string of the molecule is CCNC(=O)c1ccc(NCCc2ncn[nH]2)nn1. The minimum absolute atomic E-state index is 0.219. The summed E-state index contributed by atoms with van der Waals surface area (Å²) in [7, 11) is 0. The van der Waals surface area contributed by atoms with Crippen LogP contribution >= 0.6 is 0 Å². The Morgan fingerprint density at radius 3 is 2.89 bits per heavy atom. The maximum absolute atomic E-state index is 11.5. The van der Waals surface area contributed by atoms with Crippen LogP contribution in [0.4, 0.5) is 5.82 Å². The number of nitrogens with one attached hydrogen (secondary N) is 3. The summed E-state index contributed by atoms with van der Waals surface area (Å²) >= 11 is 0. The van der Waals surface area contributed by atoms with E-state index in [-0.39, 0.29) is 5.91 Å². The molecule has 8 heteroatoms. The van der Waals surface area contributed by atoms with Crippen molar-refractivity contribution < 1.29 is 4.79 Å². The predicted molar refractivity (Wildman–Crippen MR) is 68.6 cm³/mol.